The van der Waals surface area contributed by atoms with Crippen LogP contribution in [0.15, 0.2) is 41.1 Å². The highest BCUT2D eigenvalue weighted by molar-refractivity contribution is 5.88. The third kappa shape index (κ3) is 2.78. The Bertz CT molecular complexity index is 814. The van der Waals surface area contributed by atoms with Crippen LogP contribution >= 0.6 is 0 Å². The van der Waals surface area contributed by atoms with Crippen LogP contribution in [0.5, 0.6) is 0 Å². The Kier molecular flexibility index (Phi) is 3.54. The number of benzene rings is 1. The first kappa shape index (κ1) is 14.5. The van der Waals surface area contributed by atoms with Gasteiger partial charge in [0.05, 0.1) is 12.1 Å². The predicted molar refractivity (Wildman–Crippen MR) is 81.0 cm³/mol. The van der Waals surface area contributed by atoms with Crippen LogP contribution in [-0.2, 0) is 5.60 Å². The minimum atomic E-state index is -1.21. The van der Waals surface area contributed by atoms with Gasteiger partial charge in [0.15, 0.2) is 0 Å². The van der Waals surface area contributed by atoms with Crippen molar-refractivity contribution >= 4 is 16.7 Å². The minimum absolute atomic E-state index is 0.169. The van der Waals surface area contributed by atoms with Gasteiger partial charge in [0.2, 0.25) is 0 Å². The van der Waals surface area contributed by atoms with Crippen molar-refractivity contribution in [1.29, 1.82) is 0 Å². The van der Waals surface area contributed by atoms with Crippen molar-refractivity contribution in [1.82, 2.24) is 9.97 Å². The molecule has 0 amide bonds. The standard InChI is InChI=1S/C16H16FN3O2/c1-10-3-6-14(22-10)16(2,21)8-18-15-12-7-11(17)4-5-13(12)19-9-20-15/h3-7,9,21H,8H2,1-2H3,(H,18,19,20). The second-order valence-electron chi connectivity index (χ2n) is 5.42. The van der Waals surface area contributed by atoms with Crippen LogP contribution in [-0.4, -0.2) is 21.6 Å². The van der Waals surface area contributed by atoms with Crippen LogP contribution in [0, 0.1) is 12.7 Å². The average Bonchev–Trinajstić information content (AvgIpc) is 2.92. The van der Waals surface area contributed by atoms with Gasteiger partial charge in [0.1, 0.15) is 35.1 Å². The fourth-order valence-electron chi connectivity index (χ4n) is 2.24. The van der Waals surface area contributed by atoms with E-state index in [1.165, 1.54) is 18.5 Å². The lowest BCUT2D eigenvalue weighted by Crippen LogP contribution is -2.30. The van der Waals surface area contributed by atoms with Gasteiger partial charge in [-0.05, 0) is 44.2 Å². The lowest BCUT2D eigenvalue weighted by atomic mass is 10.0. The molecule has 0 aliphatic carbocycles. The van der Waals surface area contributed by atoms with Gasteiger partial charge in [0.25, 0.3) is 0 Å². The molecule has 0 bridgehead atoms. The summed E-state index contributed by atoms with van der Waals surface area (Å²) in [6.45, 7) is 3.62. The molecule has 0 spiro atoms. The van der Waals surface area contributed by atoms with Crippen LogP contribution in [0.25, 0.3) is 10.9 Å². The minimum Gasteiger partial charge on any atom is -0.463 e. The van der Waals surface area contributed by atoms with E-state index in [2.05, 4.69) is 15.3 Å². The van der Waals surface area contributed by atoms with Crippen LogP contribution in [0.3, 0.4) is 0 Å². The third-order valence-corrected chi connectivity index (χ3v) is 3.47. The quantitative estimate of drug-likeness (QED) is 0.775. The molecule has 6 heteroatoms. The average molecular weight is 301 g/mol. The maximum Gasteiger partial charge on any atom is 0.137 e. The summed E-state index contributed by atoms with van der Waals surface area (Å²) in [4.78, 5) is 8.21. The first-order valence-electron chi connectivity index (χ1n) is 6.89. The van der Waals surface area contributed by atoms with E-state index in [0.717, 1.165) is 5.76 Å². The first-order valence-corrected chi connectivity index (χ1v) is 6.89. The van der Waals surface area contributed by atoms with Gasteiger partial charge in [-0.25, -0.2) is 14.4 Å². The van der Waals surface area contributed by atoms with Crippen molar-refractivity contribution < 1.29 is 13.9 Å². The van der Waals surface area contributed by atoms with E-state index in [4.69, 9.17) is 4.42 Å². The summed E-state index contributed by atoms with van der Waals surface area (Å²) < 4.78 is 18.9. The number of rotatable bonds is 4. The molecule has 2 aromatic heterocycles. The Labute approximate surface area is 126 Å². The van der Waals surface area contributed by atoms with Crippen molar-refractivity contribution in [3.63, 3.8) is 0 Å². The molecule has 0 aliphatic rings. The fourth-order valence-corrected chi connectivity index (χ4v) is 2.24. The number of anilines is 1. The number of fused-ring (bicyclic) bond motifs is 1. The molecule has 2 N–H and O–H groups in total. The number of hydrogen-bond acceptors (Lipinski definition) is 5. The lowest BCUT2D eigenvalue weighted by molar-refractivity contribution is 0.0467. The van der Waals surface area contributed by atoms with Crippen molar-refractivity contribution in [2.45, 2.75) is 19.4 Å². The summed E-state index contributed by atoms with van der Waals surface area (Å²) >= 11 is 0. The summed E-state index contributed by atoms with van der Waals surface area (Å²) in [5.74, 6) is 1.29. The highest BCUT2D eigenvalue weighted by atomic mass is 19.1. The van der Waals surface area contributed by atoms with Crippen LogP contribution in [0.4, 0.5) is 10.2 Å². The Morgan fingerprint density at radius 1 is 1.27 bits per heavy atom. The molecule has 1 atom stereocenters. The van der Waals surface area contributed by atoms with Gasteiger partial charge in [-0.3, -0.25) is 0 Å². The molecule has 0 fully saturated rings. The number of furan rings is 1. The SMILES string of the molecule is Cc1ccc(C(C)(O)CNc2ncnc3ccc(F)cc23)o1. The molecule has 5 nitrogen and oxygen atoms in total. The summed E-state index contributed by atoms with van der Waals surface area (Å²) in [5.41, 5.74) is -0.578. The molecule has 2 heterocycles. The molecule has 0 saturated carbocycles. The van der Waals surface area contributed by atoms with Crippen LogP contribution in [0.2, 0.25) is 0 Å². The molecule has 0 aliphatic heterocycles. The Balaban J connectivity index is 1.86. The molecule has 1 aromatic carbocycles. The Morgan fingerprint density at radius 3 is 2.82 bits per heavy atom. The number of aromatic nitrogens is 2. The topological polar surface area (TPSA) is 71.2 Å². The molecule has 3 aromatic rings. The number of halogens is 1. The van der Waals surface area contributed by atoms with Gasteiger partial charge in [0, 0.05) is 5.39 Å². The summed E-state index contributed by atoms with van der Waals surface area (Å²) in [6, 6.07) is 7.82. The maximum atomic E-state index is 13.4. The maximum absolute atomic E-state index is 13.4. The molecular formula is C16H16FN3O2. The smallest absolute Gasteiger partial charge is 0.137 e. The summed E-state index contributed by atoms with van der Waals surface area (Å²) in [7, 11) is 0. The molecule has 22 heavy (non-hydrogen) atoms. The lowest BCUT2D eigenvalue weighted by Gasteiger charge is -2.22. The van der Waals surface area contributed by atoms with E-state index in [1.807, 2.05) is 6.92 Å². The molecule has 114 valence electrons. The van der Waals surface area contributed by atoms with E-state index in [0.29, 0.717) is 22.5 Å². The van der Waals surface area contributed by atoms with Crippen molar-refractivity contribution in [2.24, 2.45) is 0 Å². The van der Waals surface area contributed by atoms with E-state index in [1.54, 1.807) is 25.1 Å². The van der Waals surface area contributed by atoms with Crippen molar-refractivity contribution in [3.8, 4) is 0 Å². The Morgan fingerprint density at radius 2 is 2.09 bits per heavy atom. The highest BCUT2D eigenvalue weighted by Gasteiger charge is 2.27. The van der Waals surface area contributed by atoms with Crippen LogP contribution in [0.1, 0.15) is 18.4 Å². The largest absolute Gasteiger partial charge is 0.463 e. The van der Waals surface area contributed by atoms with Crippen molar-refractivity contribution in [2.75, 3.05) is 11.9 Å². The zero-order valence-corrected chi connectivity index (χ0v) is 12.3. The monoisotopic (exact) mass is 301 g/mol. The number of nitrogens with one attached hydrogen (secondary N) is 1. The van der Waals surface area contributed by atoms with Gasteiger partial charge in [-0.2, -0.15) is 0 Å². The number of aliphatic hydroxyl groups is 1. The fraction of sp³-hybridized carbons (Fsp3) is 0.250. The molecular weight excluding hydrogens is 285 g/mol. The van der Waals surface area contributed by atoms with E-state index >= 15 is 0 Å². The zero-order chi connectivity index (χ0) is 15.7. The molecule has 0 radical (unpaired) electrons. The number of hydrogen-bond donors (Lipinski definition) is 2. The Hall–Kier alpha value is -2.47. The van der Waals surface area contributed by atoms with E-state index < -0.39 is 5.60 Å². The molecule has 0 saturated heterocycles. The normalized spacial score (nSPS) is 14.0. The summed E-state index contributed by atoms with van der Waals surface area (Å²) in [6.07, 6.45) is 1.40. The van der Waals surface area contributed by atoms with Crippen LogP contribution < -0.4 is 5.32 Å². The summed E-state index contributed by atoms with van der Waals surface area (Å²) in [5, 5.41) is 14.1. The van der Waals surface area contributed by atoms with Gasteiger partial charge in [-0.15, -0.1) is 0 Å². The van der Waals surface area contributed by atoms with Crippen molar-refractivity contribution in [3.05, 3.63) is 54.0 Å². The molecule has 3 rings (SSSR count). The molecule has 1 unspecified atom stereocenters. The predicted octanol–water partition coefficient (Wildman–Crippen LogP) is 2.99. The van der Waals surface area contributed by atoms with E-state index in [9.17, 15) is 9.50 Å². The number of aryl methyl sites for hydroxylation is 1. The highest BCUT2D eigenvalue weighted by Crippen LogP contribution is 2.25. The second-order valence-corrected chi connectivity index (χ2v) is 5.42. The first-order chi connectivity index (χ1) is 10.5. The third-order valence-electron chi connectivity index (χ3n) is 3.47. The van der Waals surface area contributed by atoms with Gasteiger partial charge < -0.3 is 14.8 Å². The van der Waals surface area contributed by atoms with Gasteiger partial charge in [-0.1, -0.05) is 0 Å². The zero-order valence-electron chi connectivity index (χ0n) is 12.3. The second kappa shape index (κ2) is 5.38. The van der Waals surface area contributed by atoms with E-state index in [-0.39, 0.29) is 12.4 Å². The number of nitrogens with zero attached hydrogens (tertiary/aromatic N) is 2. The van der Waals surface area contributed by atoms with Gasteiger partial charge >= 0.3 is 0 Å².